The Labute approximate surface area is 87.7 Å². The van der Waals surface area contributed by atoms with Gasteiger partial charge in [-0.25, -0.2) is 14.1 Å². The number of nitrogens with zero attached hydrogens (tertiary/aromatic N) is 3. The second kappa shape index (κ2) is 3.38. The number of hydrogen-bond donors (Lipinski definition) is 1. The Morgan fingerprint density at radius 1 is 1.50 bits per heavy atom. The number of nitrogen functional groups attached to an aromatic ring is 1. The Morgan fingerprint density at radius 2 is 2.29 bits per heavy atom. The van der Waals surface area contributed by atoms with Gasteiger partial charge in [0.2, 0.25) is 0 Å². The van der Waals surface area contributed by atoms with Crippen LogP contribution in [0.2, 0.25) is 0 Å². The van der Waals surface area contributed by atoms with Gasteiger partial charge >= 0.3 is 0 Å². The molecule has 0 aliphatic heterocycles. The standard InChI is InChI=1S/C8H6BrFN4/c9-5-3-6(10)8(12-4-5)14-2-1-7(11)13-14/h1-4H,(H2,11,13). The van der Waals surface area contributed by atoms with E-state index in [1.165, 1.54) is 16.9 Å². The van der Waals surface area contributed by atoms with Gasteiger partial charge in [-0.2, -0.15) is 0 Å². The molecule has 0 atom stereocenters. The Hall–Kier alpha value is -1.43. The number of aromatic nitrogens is 3. The summed E-state index contributed by atoms with van der Waals surface area (Å²) in [6, 6.07) is 2.89. The third kappa shape index (κ3) is 1.60. The van der Waals surface area contributed by atoms with E-state index in [-0.39, 0.29) is 5.82 Å². The summed E-state index contributed by atoms with van der Waals surface area (Å²) in [4.78, 5) is 3.88. The van der Waals surface area contributed by atoms with E-state index in [2.05, 4.69) is 26.0 Å². The molecular formula is C8H6BrFN4. The van der Waals surface area contributed by atoms with Crippen LogP contribution in [0.25, 0.3) is 5.82 Å². The SMILES string of the molecule is Nc1ccn(-c2ncc(Br)cc2F)n1. The van der Waals surface area contributed by atoms with E-state index in [1.807, 2.05) is 0 Å². The number of hydrogen-bond acceptors (Lipinski definition) is 3. The largest absolute Gasteiger partial charge is 0.382 e. The number of halogens is 2. The molecule has 0 bridgehead atoms. The predicted octanol–water partition coefficient (Wildman–Crippen LogP) is 1.75. The topological polar surface area (TPSA) is 56.7 Å². The highest BCUT2D eigenvalue weighted by Gasteiger charge is 2.07. The van der Waals surface area contributed by atoms with E-state index in [4.69, 9.17) is 5.73 Å². The van der Waals surface area contributed by atoms with Crippen LogP contribution >= 0.6 is 15.9 Å². The molecule has 0 saturated carbocycles. The van der Waals surface area contributed by atoms with Crippen LogP contribution in [0.3, 0.4) is 0 Å². The fraction of sp³-hybridized carbons (Fsp3) is 0. The molecule has 0 unspecified atom stereocenters. The van der Waals surface area contributed by atoms with Crippen molar-refractivity contribution in [2.45, 2.75) is 0 Å². The molecule has 0 aliphatic carbocycles. The lowest BCUT2D eigenvalue weighted by Gasteiger charge is -2.01. The molecule has 2 aromatic rings. The quantitative estimate of drug-likeness (QED) is 0.846. The third-order valence-electron chi connectivity index (χ3n) is 1.62. The second-order valence-corrected chi connectivity index (χ2v) is 3.56. The summed E-state index contributed by atoms with van der Waals surface area (Å²) >= 11 is 3.12. The molecule has 2 rings (SSSR count). The first kappa shape index (κ1) is 9.14. The van der Waals surface area contributed by atoms with Crippen molar-refractivity contribution in [2.75, 3.05) is 5.73 Å². The van der Waals surface area contributed by atoms with Crippen molar-refractivity contribution in [3.63, 3.8) is 0 Å². The molecule has 0 amide bonds. The van der Waals surface area contributed by atoms with Crippen LogP contribution in [-0.4, -0.2) is 14.8 Å². The molecule has 6 heteroatoms. The van der Waals surface area contributed by atoms with Gasteiger partial charge in [0.15, 0.2) is 11.6 Å². The Balaban J connectivity index is 2.52. The summed E-state index contributed by atoms with van der Waals surface area (Å²) in [5, 5.41) is 3.85. The summed E-state index contributed by atoms with van der Waals surface area (Å²) in [6.07, 6.45) is 3.05. The first-order valence-corrected chi connectivity index (χ1v) is 4.58. The summed E-state index contributed by atoms with van der Waals surface area (Å²) < 4.78 is 15.2. The average Bonchev–Trinajstić information content (AvgIpc) is 2.51. The lowest BCUT2D eigenvalue weighted by molar-refractivity contribution is 0.600. The fourth-order valence-electron chi connectivity index (χ4n) is 1.03. The van der Waals surface area contributed by atoms with Gasteiger partial charge in [0.05, 0.1) is 0 Å². The number of anilines is 1. The van der Waals surface area contributed by atoms with Crippen molar-refractivity contribution < 1.29 is 4.39 Å². The van der Waals surface area contributed by atoms with Crippen molar-refractivity contribution >= 4 is 21.7 Å². The summed E-state index contributed by atoms with van der Waals surface area (Å²) in [7, 11) is 0. The molecule has 14 heavy (non-hydrogen) atoms. The number of rotatable bonds is 1. The Morgan fingerprint density at radius 3 is 2.86 bits per heavy atom. The maximum atomic E-state index is 13.4. The van der Waals surface area contributed by atoms with Crippen LogP contribution in [0, 0.1) is 5.82 Å². The molecule has 2 heterocycles. The van der Waals surface area contributed by atoms with Crippen LogP contribution in [0.5, 0.6) is 0 Å². The molecule has 2 aromatic heterocycles. The predicted molar refractivity (Wildman–Crippen MR) is 53.4 cm³/mol. The fourth-order valence-corrected chi connectivity index (χ4v) is 1.34. The van der Waals surface area contributed by atoms with Gasteiger partial charge in [0, 0.05) is 22.9 Å². The molecule has 4 nitrogen and oxygen atoms in total. The van der Waals surface area contributed by atoms with Crippen LogP contribution in [0.15, 0.2) is 29.0 Å². The Kier molecular flexibility index (Phi) is 2.20. The smallest absolute Gasteiger partial charge is 0.189 e. The van der Waals surface area contributed by atoms with E-state index >= 15 is 0 Å². The zero-order valence-electron chi connectivity index (χ0n) is 6.98. The summed E-state index contributed by atoms with van der Waals surface area (Å²) in [5.41, 5.74) is 5.40. The van der Waals surface area contributed by atoms with Gasteiger partial charge in [0.25, 0.3) is 0 Å². The highest BCUT2D eigenvalue weighted by Crippen LogP contribution is 2.15. The summed E-state index contributed by atoms with van der Waals surface area (Å²) in [5.74, 6) is 0.00138. The van der Waals surface area contributed by atoms with Gasteiger partial charge in [0.1, 0.15) is 5.82 Å². The van der Waals surface area contributed by atoms with Crippen molar-refractivity contribution in [2.24, 2.45) is 0 Å². The Bertz CT molecular complexity index is 468. The van der Waals surface area contributed by atoms with Gasteiger partial charge in [-0.15, -0.1) is 5.10 Å². The first-order chi connectivity index (χ1) is 6.66. The summed E-state index contributed by atoms with van der Waals surface area (Å²) in [6.45, 7) is 0. The highest BCUT2D eigenvalue weighted by atomic mass is 79.9. The molecular weight excluding hydrogens is 251 g/mol. The van der Waals surface area contributed by atoms with Gasteiger partial charge in [-0.1, -0.05) is 0 Å². The number of nitrogens with two attached hydrogens (primary N) is 1. The van der Waals surface area contributed by atoms with Gasteiger partial charge in [-0.3, -0.25) is 0 Å². The minimum atomic E-state index is -0.456. The van der Waals surface area contributed by atoms with E-state index in [0.29, 0.717) is 10.3 Å². The first-order valence-electron chi connectivity index (χ1n) is 3.79. The molecule has 2 N–H and O–H groups in total. The molecule has 0 spiro atoms. The van der Waals surface area contributed by atoms with Gasteiger partial charge in [-0.05, 0) is 22.0 Å². The molecule has 0 fully saturated rings. The maximum absolute atomic E-state index is 13.4. The molecule has 0 saturated heterocycles. The van der Waals surface area contributed by atoms with Crippen molar-refractivity contribution in [3.8, 4) is 5.82 Å². The monoisotopic (exact) mass is 256 g/mol. The highest BCUT2D eigenvalue weighted by molar-refractivity contribution is 9.10. The van der Waals surface area contributed by atoms with E-state index in [1.54, 1.807) is 12.3 Å². The van der Waals surface area contributed by atoms with Crippen LogP contribution in [0.1, 0.15) is 0 Å². The van der Waals surface area contributed by atoms with E-state index in [0.717, 1.165) is 0 Å². The molecule has 0 radical (unpaired) electrons. The van der Waals surface area contributed by atoms with Crippen LogP contribution in [0.4, 0.5) is 10.2 Å². The molecule has 0 aliphatic rings. The average molecular weight is 257 g/mol. The molecule has 0 aromatic carbocycles. The second-order valence-electron chi connectivity index (χ2n) is 2.64. The zero-order valence-corrected chi connectivity index (χ0v) is 8.57. The zero-order chi connectivity index (χ0) is 10.1. The van der Waals surface area contributed by atoms with E-state index in [9.17, 15) is 4.39 Å². The third-order valence-corrected chi connectivity index (χ3v) is 2.05. The lowest BCUT2D eigenvalue weighted by atomic mass is 10.4. The minimum Gasteiger partial charge on any atom is -0.382 e. The van der Waals surface area contributed by atoms with Crippen molar-refractivity contribution in [3.05, 3.63) is 34.8 Å². The number of pyridine rings is 1. The van der Waals surface area contributed by atoms with Crippen LogP contribution < -0.4 is 5.73 Å². The minimum absolute atomic E-state index is 0.130. The lowest BCUT2D eigenvalue weighted by Crippen LogP contribution is -2.02. The van der Waals surface area contributed by atoms with Gasteiger partial charge < -0.3 is 5.73 Å². The van der Waals surface area contributed by atoms with E-state index < -0.39 is 5.82 Å². The van der Waals surface area contributed by atoms with Crippen molar-refractivity contribution in [1.29, 1.82) is 0 Å². The van der Waals surface area contributed by atoms with Crippen molar-refractivity contribution in [1.82, 2.24) is 14.8 Å². The van der Waals surface area contributed by atoms with Crippen LogP contribution in [-0.2, 0) is 0 Å². The molecule has 72 valence electrons. The maximum Gasteiger partial charge on any atom is 0.189 e. The normalized spacial score (nSPS) is 10.4.